The molecule has 4 heteroatoms. The van der Waals surface area contributed by atoms with Crippen molar-refractivity contribution in [1.29, 1.82) is 5.26 Å². The lowest BCUT2D eigenvalue weighted by molar-refractivity contribution is 0.211. The van der Waals surface area contributed by atoms with Crippen molar-refractivity contribution in [3.63, 3.8) is 0 Å². The van der Waals surface area contributed by atoms with Crippen LogP contribution in [-0.4, -0.2) is 20.3 Å². The molecule has 0 radical (unpaired) electrons. The molecule has 0 fully saturated rings. The number of nitriles is 1. The number of methoxy groups -OCH3 is 1. The van der Waals surface area contributed by atoms with Crippen LogP contribution in [0.15, 0.2) is 42.5 Å². The number of ether oxygens (including phenoxy) is 3. The average molecular weight is 283 g/mol. The Morgan fingerprint density at radius 2 is 1.81 bits per heavy atom. The fourth-order valence-corrected chi connectivity index (χ4v) is 1.88. The second-order valence-corrected chi connectivity index (χ2v) is 4.49. The first-order valence-electron chi connectivity index (χ1n) is 6.63. The molecule has 0 bridgehead atoms. The molecule has 0 saturated carbocycles. The first-order chi connectivity index (χ1) is 10.2. The third-order valence-electron chi connectivity index (χ3n) is 2.89. The van der Waals surface area contributed by atoms with Crippen molar-refractivity contribution in [2.24, 2.45) is 0 Å². The highest BCUT2D eigenvalue weighted by atomic mass is 16.5. The van der Waals surface area contributed by atoms with Crippen molar-refractivity contribution < 1.29 is 14.2 Å². The van der Waals surface area contributed by atoms with Crippen LogP contribution in [0.3, 0.4) is 0 Å². The zero-order valence-corrected chi connectivity index (χ0v) is 12.1. The van der Waals surface area contributed by atoms with Crippen LogP contribution < -0.4 is 14.2 Å². The first-order valence-corrected chi connectivity index (χ1v) is 6.63. The molecule has 0 unspecified atom stereocenters. The second kappa shape index (κ2) is 7.20. The van der Waals surface area contributed by atoms with E-state index in [1.807, 2.05) is 31.2 Å². The van der Waals surface area contributed by atoms with Gasteiger partial charge in [0.2, 0.25) is 0 Å². The minimum atomic E-state index is 0.374. The fraction of sp³-hybridized carbons (Fsp3) is 0.235. The predicted octanol–water partition coefficient (Wildman–Crippen LogP) is 3.33. The smallest absolute Gasteiger partial charge is 0.162 e. The van der Waals surface area contributed by atoms with E-state index >= 15 is 0 Å². The summed E-state index contributed by atoms with van der Waals surface area (Å²) in [5.74, 6) is 1.96. The van der Waals surface area contributed by atoms with Crippen molar-refractivity contribution in [2.45, 2.75) is 6.92 Å². The van der Waals surface area contributed by atoms with Crippen molar-refractivity contribution in [2.75, 3.05) is 20.3 Å². The SMILES string of the molecule is COc1ccc(C#N)cc1OCCOc1cccc(C)c1. The summed E-state index contributed by atoms with van der Waals surface area (Å²) in [6.45, 7) is 2.81. The topological polar surface area (TPSA) is 51.5 Å². The van der Waals surface area contributed by atoms with Crippen molar-refractivity contribution in [3.05, 3.63) is 53.6 Å². The van der Waals surface area contributed by atoms with E-state index in [9.17, 15) is 0 Å². The summed E-state index contributed by atoms with van der Waals surface area (Å²) in [4.78, 5) is 0. The Labute approximate surface area is 124 Å². The molecule has 2 aromatic carbocycles. The van der Waals surface area contributed by atoms with Gasteiger partial charge < -0.3 is 14.2 Å². The second-order valence-electron chi connectivity index (χ2n) is 4.49. The van der Waals surface area contributed by atoms with E-state index < -0.39 is 0 Å². The highest BCUT2D eigenvalue weighted by molar-refractivity contribution is 5.46. The molecule has 0 aliphatic carbocycles. The van der Waals surface area contributed by atoms with Crippen LogP contribution in [-0.2, 0) is 0 Å². The number of nitrogens with zero attached hydrogens (tertiary/aromatic N) is 1. The molecule has 4 nitrogen and oxygen atoms in total. The quantitative estimate of drug-likeness (QED) is 0.763. The average Bonchev–Trinajstić information content (AvgIpc) is 2.51. The van der Waals surface area contributed by atoms with Crippen molar-refractivity contribution >= 4 is 0 Å². The monoisotopic (exact) mass is 283 g/mol. The van der Waals surface area contributed by atoms with Gasteiger partial charge in [0.15, 0.2) is 11.5 Å². The number of rotatable bonds is 6. The summed E-state index contributed by atoms with van der Waals surface area (Å²) in [7, 11) is 1.57. The minimum Gasteiger partial charge on any atom is -0.493 e. The van der Waals surface area contributed by atoms with Gasteiger partial charge in [0.25, 0.3) is 0 Å². The lowest BCUT2D eigenvalue weighted by Crippen LogP contribution is -2.09. The maximum absolute atomic E-state index is 8.90. The Bertz CT molecular complexity index is 647. The lowest BCUT2D eigenvalue weighted by Gasteiger charge is -2.11. The van der Waals surface area contributed by atoms with Gasteiger partial charge in [-0.25, -0.2) is 0 Å². The molecule has 0 atom stereocenters. The van der Waals surface area contributed by atoms with Crippen LogP contribution >= 0.6 is 0 Å². The van der Waals surface area contributed by atoms with Gasteiger partial charge in [-0.2, -0.15) is 5.26 Å². The van der Waals surface area contributed by atoms with Gasteiger partial charge in [-0.15, -0.1) is 0 Å². The third kappa shape index (κ3) is 4.15. The molecular formula is C17H17NO3. The van der Waals surface area contributed by atoms with Crippen LogP contribution in [0.4, 0.5) is 0 Å². The normalized spacial score (nSPS) is 9.76. The minimum absolute atomic E-state index is 0.374. The summed E-state index contributed by atoms with van der Waals surface area (Å²) in [5.41, 5.74) is 1.68. The van der Waals surface area contributed by atoms with Gasteiger partial charge in [0.05, 0.1) is 18.7 Å². The van der Waals surface area contributed by atoms with E-state index in [-0.39, 0.29) is 0 Å². The molecule has 0 aliphatic rings. The van der Waals surface area contributed by atoms with Gasteiger partial charge in [-0.3, -0.25) is 0 Å². The molecule has 2 aromatic rings. The van der Waals surface area contributed by atoms with Gasteiger partial charge in [0, 0.05) is 6.07 Å². The Morgan fingerprint density at radius 3 is 2.52 bits per heavy atom. The summed E-state index contributed by atoms with van der Waals surface area (Å²) >= 11 is 0. The van der Waals surface area contributed by atoms with Gasteiger partial charge in [0.1, 0.15) is 19.0 Å². The molecule has 0 spiro atoms. The van der Waals surface area contributed by atoms with E-state index in [1.54, 1.807) is 25.3 Å². The number of benzene rings is 2. The Balaban J connectivity index is 1.90. The highest BCUT2D eigenvalue weighted by Gasteiger charge is 2.05. The van der Waals surface area contributed by atoms with Gasteiger partial charge >= 0.3 is 0 Å². The summed E-state index contributed by atoms with van der Waals surface area (Å²) in [6, 6.07) is 15.0. The van der Waals surface area contributed by atoms with Crippen LogP contribution in [0.1, 0.15) is 11.1 Å². The maximum atomic E-state index is 8.90. The first kappa shape index (κ1) is 14.7. The Hall–Kier alpha value is -2.67. The molecule has 21 heavy (non-hydrogen) atoms. The Morgan fingerprint density at radius 1 is 1.00 bits per heavy atom. The van der Waals surface area contributed by atoms with Crippen LogP contribution in [0.2, 0.25) is 0 Å². The molecule has 0 aliphatic heterocycles. The molecule has 2 rings (SSSR count). The summed E-state index contributed by atoms with van der Waals surface area (Å²) in [5, 5.41) is 8.90. The molecule has 108 valence electrons. The molecule has 0 amide bonds. The molecule has 0 N–H and O–H groups in total. The van der Waals surface area contributed by atoms with Crippen LogP contribution in [0.25, 0.3) is 0 Å². The van der Waals surface area contributed by atoms with E-state index in [1.165, 1.54) is 0 Å². The van der Waals surface area contributed by atoms with Crippen molar-refractivity contribution in [1.82, 2.24) is 0 Å². The summed E-state index contributed by atoms with van der Waals surface area (Å²) < 4.78 is 16.4. The largest absolute Gasteiger partial charge is 0.493 e. The lowest BCUT2D eigenvalue weighted by atomic mass is 10.2. The van der Waals surface area contributed by atoms with Gasteiger partial charge in [-0.05, 0) is 36.8 Å². The van der Waals surface area contributed by atoms with E-state index in [0.717, 1.165) is 11.3 Å². The molecular weight excluding hydrogens is 266 g/mol. The van der Waals surface area contributed by atoms with E-state index in [0.29, 0.717) is 30.3 Å². The Kier molecular flexibility index (Phi) is 5.05. The predicted molar refractivity (Wildman–Crippen MR) is 79.9 cm³/mol. The van der Waals surface area contributed by atoms with Crippen LogP contribution in [0, 0.1) is 18.3 Å². The van der Waals surface area contributed by atoms with E-state index in [4.69, 9.17) is 19.5 Å². The van der Waals surface area contributed by atoms with Crippen molar-refractivity contribution in [3.8, 4) is 23.3 Å². The maximum Gasteiger partial charge on any atom is 0.162 e. The van der Waals surface area contributed by atoms with Crippen LogP contribution in [0.5, 0.6) is 17.2 Å². The van der Waals surface area contributed by atoms with Gasteiger partial charge in [-0.1, -0.05) is 12.1 Å². The standard InChI is InChI=1S/C17H17NO3/c1-13-4-3-5-15(10-13)20-8-9-21-17-11-14(12-18)6-7-16(17)19-2/h3-7,10-11H,8-9H2,1-2H3. The third-order valence-corrected chi connectivity index (χ3v) is 2.89. The zero-order chi connectivity index (χ0) is 15.1. The summed E-state index contributed by atoms with van der Waals surface area (Å²) in [6.07, 6.45) is 0. The fourth-order valence-electron chi connectivity index (χ4n) is 1.88. The molecule has 0 saturated heterocycles. The number of hydrogen-bond acceptors (Lipinski definition) is 4. The molecule has 0 aromatic heterocycles. The number of hydrogen-bond donors (Lipinski definition) is 0. The highest BCUT2D eigenvalue weighted by Crippen LogP contribution is 2.27. The zero-order valence-electron chi connectivity index (χ0n) is 12.1. The molecule has 0 heterocycles. The van der Waals surface area contributed by atoms with E-state index in [2.05, 4.69) is 6.07 Å². The number of aryl methyl sites for hydroxylation is 1.